The molecule has 0 bridgehead atoms. The zero-order valence-corrected chi connectivity index (χ0v) is 13.3. The summed E-state index contributed by atoms with van der Waals surface area (Å²) in [4.78, 5) is 16.0. The Labute approximate surface area is 142 Å². The van der Waals surface area contributed by atoms with Gasteiger partial charge in [-0.3, -0.25) is 10.1 Å². The van der Waals surface area contributed by atoms with Crippen LogP contribution in [-0.4, -0.2) is 16.0 Å². The van der Waals surface area contributed by atoms with Crippen LogP contribution in [0.3, 0.4) is 0 Å². The second-order valence-electron chi connectivity index (χ2n) is 4.78. The largest absolute Gasteiger partial charge is 0.507 e. The quantitative estimate of drug-likeness (QED) is 0.670. The molecular formula is C15H8ClF3N2O2S. The van der Waals surface area contributed by atoms with Gasteiger partial charge in [0, 0.05) is 5.02 Å². The minimum atomic E-state index is -4.54. The summed E-state index contributed by atoms with van der Waals surface area (Å²) in [6, 6.07) is 7.59. The zero-order valence-electron chi connectivity index (χ0n) is 11.7. The Hall–Kier alpha value is -2.32. The molecule has 0 fully saturated rings. The van der Waals surface area contributed by atoms with Crippen LogP contribution in [-0.2, 0) is 6.18 Å². The molecule has 9 heteroatoms. The first-order valence-electron chi connectivity index (χ1n) is 6.52. The second-order valence-corrected chi connectivity index (χ2v) is 6.25. The van der Waals surface area contributed by atoms with Crippen LogP contribution in [0.25, 0.3) is 10.2 Å². The Morgan fingerprint density at radius 3 is 2.71 bits per heavy atom. The van der Waals surface area contributed by atoms with Gasteiger partial charge in [0.15, 0.2) is 5.13 Å². The number of aromatic nitrogens is 1. The van der Waals surface area contributed by atoms with Gasteiger partial charge >= 0.3 is 6.18 Å². The number of carbonyl (C=O) groups excluding carboxylic acids is 1. The molecular weight excluding hydrogens is 365 g/mol. The average molecular weight is 373 g/mol. The molecule has 0 aliphatic rings. The summed E-state index contributed by atoms with van der Waals surface area (Å²) in [5, 5.41) is 12.3. The molecule has 0 saturated heterocycles. The van der Waals surface area contributed by atoms with Crippen LogP contribution in [0.2, 0.25) is 5.02 Å². The van der Waals surface area contributed by atoms with E-state index in [0.29, 0.717) is 0 Å². The van der Waals surface area contributed by atoms with Gasteiger partial charge in [0.25, 0.3) is 5.91 Å². The number of hydrogen-bond donors (Lipinski definition) is 2. The van der Waals surface area contributed by atoms with Crippen molar-refractivity contribution in [2.24, 2.45) is 0 Å². The molecule has 2 N–H and O–H groups in total. The van der Waals surface area contributed by atoms with Crippen LogP contribution in [0.1, 0.15) is 15.9 Å². The van der Waals surface area contributed by atoms with E-state index in [1.807, 2.05) is 0 Å². The maximum absolute atomic E-state index is 13.0. The number of phenols is 1. The molecule has 3 aromatic rings. The molecule has 3 rings (SSSR count). The van der Waals surface area contributed by atoms with Crippen molar-refractivity contribution < 1.29 is 23.1 Å². The number of alkyl halides is 3. The Bertz CT molecular complexity index is 940. The first kappa shape index (κ1) is 16.5. The lowest BCUT2D eigenvalue weighted by atomic mass is 10.2. The zero-order chi connectivity index (χ0) is 17.5. The number of phenolic OH excluding ortho intramolecular Hbond substituents is 1. The summed E-state index contributed by atoms with van der Waals surface area (Å²) in [5.41, 5.74) is -1.21. The molecule has 0 atom stereocenters. The van der Waals surface area contributed by atoms with Gasteiger partial charge in [-0.2, -0.15) is 13.2 Å². The van der Waals surface area contributed by atoms with E-state index in [4.69, 9.17) is 11.6 Å². The lowest BCUT2D eigenvalue weighted by Crippen LogP contribution is -2.12. The number of thiazole rings is 1. The van der Waals surface area contributed by atoms with Crippen LogP contribution >= 0.6 is 22.9 Å². The number of para-hydroxylation sites is 1. The maximum atomic E-state index is 13.0. The first-order chi connectivity index (χ1) is 11.3. The van der Waals surface area contributed by atoms with Gasteiger partial charge < -0.3 is 5.11 Å². The SMILES string of the molecule is O=C(Nc1nc2c(C(F)(F)F)cccc2s1)c1cc(Cl)ccc1O. The van der Waals surface area contributed by atoms with Gasteiger partial charge in [0.05, 0.1) is 21.3 Å². The Morgan fingerprint density at radius 1 is 1.25 bits per heavy atom. The third-order valence-corrected chi connectivity index (χ3v) is 4.32. The summed E-state index contributed by atoms with van der Waals surface area (Å²) in [6.45, 7) is 0. The molecule has 4 nitrogen and oxygen atoms in total. The van der Waals surface area contributed by atoms with E-state index in [0.717, 1.165) is 17.4 Å². The monoisotopic (exact) mass is 372 g/mol. The third kappa shape index (κ3) is 3.15. The molecule has 0 aliphatic heterocycles. The van der Waals surface area contributed by atoms with Gasteiger partial charge in [0.1, 0.15) is 5.75 Å². The van der Waals surface area contributed by atoms with Crippen LogP contribution in [0.5, 0.6) is 5.75 Å². The number of anilines is 1. The number of nitrogens with one attached hydrogen (secondary N) is 1. The number of benzene rings is 2. The summed E-state index contributed by atoms with van der Waals surface area (Å²) in [6.07, 6.45) is -4.54. The smallest absolute Gasteiger partial charge is 0.418 e. The molecule has 0 aliphatic carbocycles. The fraction of sp³-hybridized carbons (Fsp3) is 0.0667. The van der Waals surface area contributed by atoms with Crippen molar-refractivity contribution in [3.8, 4) is 5.75 Å². The molecule has 24 heavy (non-hydrogen) atoms. The topological polar surface area (TPSA) is 62.2 Å². The van der Waals surface area contributed by atoms with E-state index in [2.05, 4.69) is 10.3 Å². The number of fused-ring (bicyclic) bond motifs is 1. The highest BCUT2D eigenvalue weighted by atomic mass is 35.5. The number of carbonyl (C=O) groups is 1. The lowest BCUT2D eigenvalue weighted by Gasteiger charge is -2.06. The number of aromatic hydroxyl groups is 1. The van der Waals surface area contributed by atoms with Crippen molar-refractivity contribution >= 4 is 44.2 Å². The number of nitrogens with zero attached hydrogens (tertiary/aromatic N) is 1. The van der Waals surface area contributed by atoms with Crippen LogP contribution < -0.4 is 5.32 Å². The minimum Gasteiger partial charge on any atom is -0.507 e. The number of halogens is 4. The van der Waals surface area contributed by atoms with Crippen molar-refractivity contribution in [3.63, 3.8) is 0 Å². The van der Waals surface area contributed by atoms with Gasteiger partial charge in [-0.05, 0) is 30.3 Å². The van der Waals surface area contributed by atoms with Crippen molar-refractivity contribution in [2.45, 2.75) is 6.18 Å². The summed E-state index contributed by atoms with van der Waals surface area (Å²) >= 11 is 6.67. The summed E-state index contributed by atoms with van der Waals surface area (Å²) in [7, 11) is 0. The molecule has 0 radical (unpaired) electrons. The maximum Gasteiger partial charge on any atom is 0.418 e. The minimum absolute atomic E-state index is 0.00826. The highest BCUT2D eigenvalue weighted by Gasteiger charge is 2.33. The number of rotatable bonds is 2. The fourth-order valence-corrected chi connectivity index (χ4v) is 3.15. The van der Waals surface area contributed by atoms with E-state index in [-0.39, 0.29) is 31.7 Å². The molecule has 0 saturated carbocycles. The highest BCUT2D eigenvalue weighted by molar-refractivity contribution is 7.22. The Morgan fingerprint density at radius 2 is 2.00 bits per heavy atom. The normalized spacial score (nSPS) is 11.7. The van der Waals surface area contributed by atoms with Gasteiger partial charge in [-0.1, -0.05) is 29.0 Å². The molecule has 1 amide bonds. The van der Waals surface area contributed by atoms with Crippen LogP contribution in [0.15, 0.2) is 36.4 Å². The van der Waals surface area contributed by atoms with Crippen molar-refractivity contribution in [1.82, 2.24) is 4.98 Å². The van der Waals surface area contributed by atoms with Gasteiger partial charge in [-0.15, -0.1) is 0 Å². The number of hydrogen-bond acceptors (Lipinski definition) is 4. The lowest BCUT2D eigenvalue weighted by molar-refractivity contribution is -0.136. The van der Waals surface area contributed by atoms with Gasteiger partial charge in [-0.25, -0.2) is 4.98 Å². The van der Waals surface area contributed by atoms with Crippen molar-refractivity contribution in [1.29, 1.82) is 0 Å². The van der Waals surface area contributed by atoms with E-state index >= 15 is 0 Å². The van der Waals surface area contributed by atoms with E-state index < -0.39 is 17.6 Å². The van der Waals surface area contributed by atoms with E-state index in [1.54, 1.807) is 0 Å². The van der Waals surface area contributed by atoms with Crippen molar-refractivity contribution in [2.75, 3.05) is 5.32 Å². The summed E-state index contributed by atoms with van der Waals surface area (Å²) < 4.78 is 39.2. The average Bonchev–Trinajstić information content (AvgIpc) is 2.90. The second kappa shape index (κ2) is 5.95. The standard InChI is InChI=1S/C15H8ClF3N2O2S/c16-7-4-5-10(22)8(6-7)13(23)21-14-20-12-9(15(17,18)19)2-1-3-11(12)24-14/h1-6,22H,(H,20,21,23). The molecule has 1 aromatic heterocycles. The Balaban J connectivity index is 1.96. The third-order valence-electron chi connectivity index (χ3n) is 3.15. The van der Waals surface area contributed by atoms with Crippen molar-refractivity contribution in [3.05, 3.63) is 52.5 Å². The van der Waals surface area contributed by atoms with Gasteiger partial charge in [0.2, 0.25) is 0 Å². The highest BCUT2D eigenvalue weighted by Crippen LogP contribution is 2.37. The van der Waals surface area contributed by atoms with Crippen LogP contribution in [0.4, 0.5) is 18.3 Å². The Kier molecular flexibility index (Phi) is 4.10. The predicted molar refractivity (Wildman–Crippen MR) is 85.7 cm³/mol. The van der Waals surface area contributed by atoms with E-state index in [1.165, 1.54) is 30.3 Å². The predicted octanol–water partition coefficient (Wildman–Crippen LogP) is 4.93. The molecule has 1 heterocycles. The first-order valence-corrected chi connectivity index (χ1v) is 7.72. The van der Waals surface area contributed by atoms with Crippen LogP contribution in [0, 0.1) is 0 Å². The fourth-order valence-electron chi connectivity index (χ4n) is 2.09. The molecule has 0 unspecified atom stereocenters. The number of amides is 1. The molecule has 124 valence electrons. The molecule has 0 spiro atoms. The summed E-state index contributed by atoms with van der Waals surface area (Å²) in [5.74, 6) is -1.02. The van der Waals surface area contributed by atoms with E-state index in [9.17, 15) is 23.1 Å². The molecule has 2 aromatic carbocycles.